The number of rotatable bonds is 2. The van der Waals surface area contributed by atoms with Gasteiger partial charge in [-0.15, -0.1) is 0 Å². The molecule has 5 atom stereocenters. The summed E-state index contributed by atoms with van der Waals surface area (Å²) in [5, 5.41) is 43.2. The van der Waals surface area contributed by atoms with Crippen LogP contribution < -0.4 is 5.73 Å². The summed E-state index contributed by atoms with van der Waals surface area (Å²) in [6.07, 6.45) is 2.09. The lowest BCUT2D eigenvalue weighted by molar-refractivity contribution is -0.167. The first-order chi connectivity index (χ1) is 15.7. The van der Waals surface area contributed by atoms with E-state index in [1.54, 1.807) is 30.6 Å². The third-order valence-corrected chi connectivity index (χ3v) is 7.26. The average molecular weight is 450 g/mol. The Kier molecular flexibility index (Phi) is 4.66. The number of phenols is 1. The van der Waals surface area contributed by atoms with Gasteiger partial charge in [-0.25, -0.2) is 0 Å². The van der Waals surface area contributed by atoms with E-state index in [4.69, 9.17) is 5.73 Å². The fraction of sp³-hybridized carbons (Fsp3) is 0.333. The second kappa shape index (κ2) is 7.23. The Morgan fingerprint density at radius 3 is 2.45 bits per heavy atom. The number of nitrogens with two attached hydrogens (primary N) is 1. The molecule has 2 unspecified atom stereocenters. The number of carbonyl (C=O) groups excluding carboxylic acids is 3. The average Bonchev–Trinajstić information content (AvgIpc) is 2.76. The fourth-order valence-electron chi connectivity index (χ4n) is 5.73. The number of pyridine rings is 1. The number of carbonyl (C=O) groups is 3. The van der Waals surface area contributed by atoms with Crippen molar-refractivity contribution in [2.45, 2.75) is 31.0 Å². The van der Waals surface area contributed by atoms with Crippen molar-refractivity contribution in [2.75, 3.05) is 0 Å². The number of ketones is 2. The summed E-state index contributed by atoms with van der Waals surface area (Å²) in [7, 11) is 0. The van der Waals surface area contributed by atoms with Crippen molar-refractivity contribution in [1.29, 1.82) is 0 Å². The second-order valence-electron chi connectivity index (χ2n) is 8.96. The Balaban J connectivity index is 1.68. The minimum absolute atomic E-state index is 0.00101. The molecule has 0 radical (unpaired) electrons. The van der Waals surface area contributed by atoms with Crippen LogP contribution >= 0.6 is 0 Å². The van der Waals surface area contributed by atoms with Gasteiger partial charge in [-0.2, -0.15) is 0 Å². The van der Waals surface area contributed by atoms with Gasteiger partial charge in [0.25, 0.3) is 0 Å². The van der Waals surface area contributed by atoms with Gasteiger partial charge >= 0.3 is 0 Å². The number of aliphatic hydroxyl groups excluding tert-OH is 2. The molecule has 9 nitrogen and oxygen atoms in total. The zero-order chi connectivity index (χ0) is 23.7. The van der Waals surface area contributed by atoms with E-state index in [-0.39, 0.29) is 36.1 Å². The Morgan fingerprint density at radius 1 is 1.09 bits per heavy atom. The van der Waals surface area contributed by atoms with Gasteiger partial charge in [0.1, 0.15) is 17.4 Å². The zero-order valence-corrected chi connectivity index (χ0v) is 17.4. The van der Waals surface area contributed by atoms with Crippen molar-refractivity contribution in [2.24, 2.45) is 23.5 Å². The number of benzene rings is 1. The highest BCUT2D eigenvalue weighted by Crippen LogP contribution is 2.52. The molecular weight excluding hydrogens is 428 g/mol. The minimum atomic E-state index is -2.50. The van der Waals surface area contributed by atoms with Gasteiger partial charge in [0.05, 0.1) is 11.7 Å². The van der Waals surface area contributed by atoms with Crippen molar-refractivity contribution in [3.63, 3.8) is 0 Å². The van der Waals surface area contributed by atoms with Gasteiger partial charge in [-0.3, -0.25) is 19.4 Å². The Morgan fingerprint density at radius 2 is 1.79 bits per heavy atom. The molecule has 5 rings (SSSR count). The van der Waals surface area contributed by atoms with Gasteiger partial charge in [0.15, 0.2) is 17.2 Å². The number of aliphatic hydroxyl groups is 3. The molecule has 0 saturated heterocycles. The summed E-state index contributed by atoms with van der Waals surface area (Å²) in [4.78, 5) is 42.3. The van der Waals surface area contributed by atoms with Crippen LogP contribution in [0.4, 0.5) is 0 Å². The van der Waals surface area contributed by atoms with Crippen LogP contribution in [0.5, 0.6) is 5.75 Å². The van der Waals surface area contributed by atoms with Crippen molar-refractivity contribution >= 4 is 17.5 Å². The minimum Gasteiger partial charge on any atom is -0.508 e. The first-order valence-electron chi connectivity index (χ1n) is 10.6. The lowest BCUT2D eigenvalue weighted by Gasteiger charge is -2.48. The molecule has 0 bridgehead atoms. The van der Waals surface area contributed by atoms with Crippen LogP contribution in [-0.2, 0) is 16.0 Å². The predicted molar refractivity (Wildman–Crippen MR) is 114 cm³/mol. The summed E-state index contributed by atoms with van der Waals surface area (Å²) in [5.41, 5.74) is 4.71. The maximum Gasteiger partial charge on any atom is 0.230 e. The Labute approximate surface area is 188 Å². The highest BCUT2D eigenvalue weighted by atomic mass is 16.3. The van der Waals surface area contributed by atoms with E-state index in [0.717, 1.165) is 11.1 Å². The monoisotopic (exact) mass is 450 g/mol. The largest absolute Gasteiger partial charge is 0.508 e. The highest BCUT2D eigenvalue weighted by molar-refractivity contribution is 6.16. The molecule has 1 heterocycles. The highest BCUT2D eigenvalue weighted by Gasteiger charge is 2.62. The maximum absolute atomic E-state index is 13.5. The van der Waals surface area contributed by atoms with Gasteiger partial charge < -0.3 is 26.2 Å². The lowest BCUT2D eigenvalue weighted by atomic mass is 9.57. The Hall–Kier alpha value is -3.56. The van der Waals surface area contributed by atoms with Crippen LogP contribution in [0, 0.1) is 17.8 Å². The number of phenolic OH excluding ortho intramolecular Hbond substituents is 1. The predicted octanol–water partition coefficient (Wildman–Crippen LogP) is 0.807. The molecule has 1 fully saturated rings. The molecule has 6 N–H and O–H groups in total. The third-order valence-electron chi connectivity index (χ3n) is 7.26. The summed E-state index contributed by atoms with van der Waals surface area (Å²) < 4.78 is 0. The normalized spacial score (nSPS) is 31.0. The summed E-state index contributed by atoms with van der Waals surface area (Å²) >= 11 is 0. The molecular formula is C24H22N2O7. The summed E-state index contributed by atoms with van der Waals surface area (Å²) in [6.45, 7) is 0. The van der Waals surface area contributed by atoms with Gasteiger partial charge in [-0.05, 0) is 60.1 Å². The number of allylic oxidation sites excluding steroid dienone is 1. The molecule has 3 aliphatic carbocycles. The van der Waals surface area contributed by atoms with Crippen LogP contribution in [0.2, 0.25) is 0 Å². The number of amides is 1. The first kappa shape index (κ1) is 21.3. The topological polar surface area (TPSA) is 171 Å². The number of aromatic hydroxyl groups is 1. The number of primary amides is 1. The van der Waals surface area contributed by atoms with Crippen molar-refractivity contribution in [3.05, 3.63) is 59.1 Å². The molecule has 9 heteroatoms. The lowest BCUT2D eigenvalue weighted by Crippen LogP contribution is -2.63. The van der Waals surface area contributed by atoms with E-state index >= 15 is 0 Å². The van der Waals surface area contributed by atoms with Crippen molar-refractivity contribution in [1.82, 2.24) is 4.98 Å². The van der Waals surface area contributed by atoms with E-state index in [2.05, 4.69) is 4.98 Å². The molecule has 1 amide bonds. The second-order valence-corrected chi connectivity index (χ2v) is 8.96. The standard InChI is InChI=1S/C24H22N2O7/c25-23(32)19-16(28)9-12-7-11-8-14-13(10-3-5-26-6-4-10)1-2-15(27)18(14)20(29)17(11)21(30)24(12,33)22(19)31/h1-6,11-12,16,19,27-28,30,33H,7-9H2,(H2,25,32)/t11-,12+,16?,19?,24+/m1/s1. The summed E-state index contributed by atoms with van der Waals surface area (Å²) in [5.74, 6) is -7.16. The van der Waals surface area contributed by atoms with Crippen molar-refractivity contribution < 1.29 is 34.8 Å². The molecule has 170 valence electrons. The first-order valence-corrected chi connectivity index (χ1v) is 10.6. The van der Waals surface area contributed by atoms with Crippen LogP contribution in [0.25, 0.3) is 11.1 Å². The molecule has 0 spiro atoms. The molecule has 1 aromatic heterocycles. The number of Topliss-reactive ketones (excluding diaryl/α,β-unsaturated/α-hetero) is 2. The smallest absolute Gasteiger partial charge is 0.230 e. The number of aromatic nitrogens is 1. The number of hydrogen-bond donors (Lipinski definition) is 5. The van der Waals surface area contributed by atoms with E-state index < -0.39 is 52.7 Å². The Bertz CT molecular complexity index is 1240. The molecule has 0 aliphatic heterocycles. The number of nitrogens with zero attached hydrogens (tertiary/aromatic N) is 1. The van der Waals surface area contributed by atoms with Crippen LogP contribution in [-0.4, -0.2) is 54.6 Å². The third kappa shape index (κ3) is 2.86. The zero-order valence-electron chi connectivity index (χ0n) is 17.4. The number of hydrogen-bond acceptors (Lipinski definition) is 8. The fourth-order valence-corrected chi connectivity index (χ4v) is 5.73. The maximum atomic E-state index is 13.5. The number of fused-ring (bicyclic) bond motifs is 3. The SMILES string of the molecule is NC(=O)C1C(=O)[C@@]2(O)C(O)=C3C(=O)c4c(O)ccc(-c5ccncc5)c4C[C@H]3C[C@H]2CC1O. The van der Waals surface area contributed by atoms with Gasteiger partial charge in [0, 0.05) is 23.9 Å². The molecule has 1 saturated carbocycles. The van der Waals surface area contributed by atoms with Crippen LogP contribution in [0.15, 0.2) is 48.0 Å². The van der Waals surface area contributed by atoms with Crippen LogP contribution in [0.3, 0.4) is 0 Å². The quantitative estimate of drug-likeness (QED) is 0.418. The van der Waals surface area contributed by atoms with Gasteiger partial charge in [-0.1, -0.05) is 6.07 Å². The van der Waals surface area contributed by atoms with Crippen LogP contribution in [0.1, 0.15) is 28.8 Å². The molecule has 1 aromatic carbocycles. The van der Waals surface area contributed by atoms with E-state index in [1.807, 2.05) is 0 Å². The van der Waals surface area contributed by atoms with E-state index in [1.165, 1.54) is 6.07 Å². The van der Waals surface area contributed by atoms with Gasteiger partial charge in [0.2, 0.25) is 5.91 Å². The molecule has 3 aliphatic rings. The van der Waals surface area contributed by atoms with E-state index in [0.29, 0.717) is 5.56 Å². The van der Waals surface area contributed by atoms with E-state index in [9.17, 15) is 34.8 Å². The molecule has 33 heavy (non-hydrogen) atoms. The van der Waals surface area contributed by atoms with Crippen molar-refractivity contribution in [3.8, 4) is 16.9 Å². The summed E-state index contributed by atoms with van der Waals surface area (Å²) in [6, 6.07) is 6.64. The molecule has 2 aromatic rings.